The fourth-order valence-electron chi connectivity index (χ4n) is 16.3. The van der Waals surface area contributed by atoms with Crippen LogP contribution in [0.5, 0.6) is 0 Å². The van der Waals surface area contributed by atoms with Crippen molar-refractivity contribution in [1.82, 2.24) is 9.80 Å². The molecule has 0 radical (unpaired) electrons. The number of carbonyl (C=O) groups is 5. The molecule has 0 aromatic heterocycles. The van der Waals surface area contributed by atoms with Crippen LogP contribution in [0.15, 0.2) is 68.3 Å². The molecule has 12 nitrogen and oxygen atoms in total. The fourth-order valence-corrected chi connectivity index (χ4v) is 16.3. The standard InChI is InChI=1S/C58H77N3O9/c1-13-30(4)56(66)69-28-43-44-37(49(62)32(6)53(67-11)51(44)64)26-41-47-45-46(50(63)33(7)54(68-12)52(45)65)55(48(60(47)10)42(27-59)61(41)43)70-35-21-23-57(8)34(25-35)17-18-36-39-20-19-38(31(5)16-14-15-29(2)3)58(39,9)24-22-40(36)57/h13,17,29,31,35-36,38-43,47-48,55H,14-16,18-26,28H2,1-12H3/b30-13-/t31-,35+,36+,38-,39+,40+,41+,42+,43+,47+,48-,55+,57+,58-/m1/s1. The number of carbonyl (C=O) groups excluding carboxylic acids is 5. The minimum absolute atomic E-state index is 0.00319. The molecule has 12 heteroatoms. The summed E-state index contributed by atoms with van der Waals surface area (Å²) in [5.74, 6) is 1.84. The molecule has 2 bridgehead atoms. The van der Waals surface area contributed by atoms with Crippen LogP contribution in [-0.2, 0) is 42.9 Å². The van der Waals surface area contributed by atoms with Crippen LogP contribution < -0.4 is 0 Å². The number of likely N-dealkylation sites (N-methyl/N-ethyl adjacent to an activating group) is 1. The highest BCUT2D eigenvalue weighted by Gasteiger charge is 2.64. The first kappa shape index (κ1) is 50.5. The Morgan fingerprint density at radius 3 is 2.23 bits per heavy atom. The van der Waals surface area contributed by atoms with Gasteiger partial charge in [-0.3, -0.25) is 29.0 Å². The highest BCUT2D eigenvalue weighted by Crippen LogP contribution is 2.67. The molecule has 3 saturated carbocycles. The van der Waals surface area contributed by atoms with E-state index in [-0.39, 0.29) is 81.1 Å². The lowest BCUT2D eigenvalue weighted by Crippen LogP contribution is -2.77. The summed E-state index contributed by atoms with van der Waals surface area (Å²) in [6.07, 6.45) is 15.5. The number of ether oxygens (including phenoxy) is 4. The predicted octanol–water partition coefficient (Wildman–Crippen LogP) is 9.06. The number of rotatable bonds is 12. The summed E-state index contributed by atoms with van der Waals surface area (Å²) in [4.78, 5) is 75.9. The maximum atomic E-state index is 15.0. The molecule has 14 atom stereocenters. The molecule has 9 rings (SSSR count). The van der Waals surface area contributed by atoms with Crippen molar-refractivity contribution >= 4 is 29.1 Å². The second-order valence-corrected chi connectivity index (χ2v) is 23.5. The number of hydrogen-bond donors (Lipinski definition) is 0. The molecule has 0 unspecified atom stereocenters. The van der Waals surface area contributed by atoms with Gasteiger partial charge in [0.2, 0.25) is 11.6 Å². The zero-order valence-corrected chi connectivity index (χ0v) is 43.9. The molecule has 0 aromatic carbocycles. The van der Waals surface area contributed by atoms with Crippen molar-refractivity contribution in [2.45, 2.75) is 182 Å². The summed E-state index contributed by atoms with van der Waals surface area (Å²) in [6.45, 7) is 18.5. The number of ketones is 4. The SMILES string of the molecule is C/C=C(/C)C(=O)OC[C@H]1C2=C(C[C@H]3[C@H]4C5=C(C(=O)C(C)=C(OC)C5=O)[C@H](O[C@H]5CC[C@@]6(C)C(=CC[C@H]7[C@@H]8CC[C@H]([C@H](C)CCCC(C)C)[C@@]8(C)CC[C@@H]76)C5)[C@@H]([C@H](C#N)N13)N4C)C(=O)C(C)=C(OC)C2=O. The zero-order chi connectivity index (χ0) is 50.5. The van der Waals surface area contributed by atoms with Crippen molar-refractivity contribution in [3.8, 4) is 6.07 Å². The fraction of sp³-hybridized carbons (Fsp3) is 0.690. The topological polar surface area (TPSA) is 153 Å². The van der Waals surface area contributed by atoms with E-state index >= 15 is 0 Å². The summed E-state index contributed by atoms with van der Waals surface area (Å²) >= 11 is 0. The third-order valence-corrected chi connectivity index (χ3v) is 20.0. The molecule has 0 aromatic rings. The summed E-state index contributed by atoms with van der Waals surface area (Å²) in [5.41, 5.74) is 3.35. The molecule has 0 spiro atoms. The van der Waals surface area contributed by atoms with Crippen LogP contribution in [0.2, 0.25) is 0 Å². The smallest absolute Gasteiger partial charge is 0.333 e. The summed E-state index contributed by atoms with van der Waals surface area (Å²) in [7, 11) is 4.59. The number of esters is 1. The number of piperazine rings is 1. The first-order valence-corrected chi connectivity index (χ1v) is 26.5. The number of hydrogen-bond acceptors (Lipinski definition) is 12. The van der Waals surface area contributed by atoms with Crippen molar-refractivity contribution in [1.29, 1.82) is 5.26 Å². The Balaban J connectivity index is 1.06. The summed E-state index contributed by atoms with van der Waals surface area (Å²) < 4.78 is 24.5. The third-order valence-electron chi connectivity index (χ3n) is 20.0. The van der Waals surface area contributed by atoms with Gasteiger partial charge >= 0.3 is 5.97 Å². The molecule has 0 amide bonds. The van der Waals surface area contributed by atoms with E-state index in [1.54, 1.807) is 33.8 Å². The average Bonchev–Trinajstić information content (AvgIpc) is 3.69. The maximum absolute atomic E-state index is 15.0. The third kappa shape index (κ3) is 7.63. The van der Waals surface area contributed by atoms with E-state index in [2.05, 4.69) is 46.8 Å². The van der Waals surface area contributed by atoms with Gasteiger partial charge in [-0.05, 0) is 139 Å². The molecule has 6 aliphatic carbocycles. The van der Waals surface area contributed by atoms with E-state index < -0.39 is 53.8 Å². The Hall–Kier alpha value is -4.44. The van der Waals surface area contributed by atoms with Crippen molar-refractivity contribution in [2.75, 3.05) is 27.9 Å². The van der Waals surface area contributed by atoms with Crippen LogP contribution in [0.1, 0.15) is 139 Å². The lowest BCUT2D eigenvalue weighted by Gasteiger charge is -2.62. The van der Waals surface area contributed by atoms with Crippen LogP contribution in [0.3, 0.4) is 0 Å². The number of allylic oxidation sites excluding steroid dienone is 6. The van der Waals surface area contributed by atoms with Crippen LogP contribution in [0.4, 0.5) is 0 Å². The monoisotopic (exact) mass is 960 g/mol. The van der Waals surface area contributed by atoms with Crippen LogP contribution in [0, 0.1) is 57.7 Å². The zero-order valence-electron chi connectivity index (χ0n) is 43.9. The van der Waals surface area contributed by atoms with Crippen molar-refractivity contribution in [3.05, 3.63) is 68.3 Å². The summed E-state index contributed by atoms with van der Waals surface area (Å²) in [5, 5.41) is 11.5. The van der Waals surface area contributed by atoms with Crippen molar-refractivity contribution in [2.24, 2.45) is 46.3 Å². The molecular formula is C58H77N3O9. The molecule has 4 fully saturated rings. The second-order valence-electron chi connectivity index (χ2n) is 23.5. The van der Waals surface area contributed by atoms with Gasteiger partial charge in [-0.25, -0.2) is 4.79 Å². The molecule has 1 saturated heterocycles. The Morgan fingerprint density at radius 2 is 1.57 bits per heavy atom. The Kier molecular flexibility index (Phi) is 13.6. The van der Waals surface area contributed by atoms with Crippen LogP contribution in [-0.4, -0.2) is 109 Å². The first-order valence-electron chi connectivity index (χ1n) is 26.5. The molecule has 3 aliphatic heterocycles. The number of Topliss-reactive ketones (excluding diaryl/α,β-unsaturated/α-hetero) is 4. The predicted molar refractivity (Wildman–Crippen MR) is 264 cm³/mol. The van der Waals surface area contributed by atoms with Gasteiger partial charge in [-0.15, -0.1) is 0 Å². The van der Waals surface area contributed by atoms with E-state index in [4.69, 9.17) is 18.9 Å². The summed E-state index contributed by atoms with van der Waals surface area (Å²) in [6, 6.07) is -1.90. The Morgan fingerprint density at radius 1 is 0.886 bits per heavy atom. The largest absolute Gasteiger partial charge is 0.492 e. The van der Waals surface area contributed by atoms with Crippen LogP contribution in [0.25, 0.3) is 0 Å². The van der Waals surface area contributed by atoms with E-state index in [9.17, 15) is 29.2 Å². The lowest BCUT2D eigenvalue weighted by atomic mass is 9.47. The molecule has 3 heterocycles. The quantitative estimate of drug-likeness (QED) is 0.0794. The van der Waals surface area contributed by atoms with Gasteiger partial charge in [-0.1, -0.05) is 71.6 Å². The van der Waals surface area contributed by atoms with Gasteiger partial charge in [0.15, 0.2) is 23.1 Å². The number of nitrogens with zero attached hydrogens (tertiary/aromatic N) is 3. The number of nitriles is 1. The molecule has 0 N–H and O–H groups in total. The van der Waals surface area contributed by atoms with Gasteiger partial charge in [0.25, 0.3) is 0 Å². The second kappa shape index (κ2) is 18.9. The van der Waals surface area contributed by atoms with Gasteiger partial charge in [0.05, 0.1) is 44.5 Å². The van der Waals surface area contributed by atoms with Crippen LogP contribution >= 0.6 is 0 Å². The van der Waals surface area contributed by atoms with Gasteiger partial charge in [-0.2, -0.15) is 5.26 Å². The van der Waals surface area contributed by atoms with Crippen molar-refractivity contribution in [3.63, 3.8) is 0 Å². The number of fused-ring (bicyclic) bond motifs is 10. The average molecular weight is 960 g/mol. The highest BCUT2D eigenvalue weighted by molar-refractivity contribution is 6.26. The molecule has 378 valence electrons. The Bertz CT molecular complexity index is 2500. The van der Waals surface area contributed by atoms with Crippen molar-refractivity contribution < 1.29 is 42.9 Å². The maximum Gasteiger partial charge on any atom is 0.333 e. The van der Waals surface area contributed by atoms with E-state index in [0.717, 1.165) is 42.9 Å². The minimum atomic E-state index is -1.06. The van der Waals surface area contributed by atoms with Gasteiger partial charge < -0.3 is 18.9 Å². The minimum Gasteiger partial charge on any atom is -0.492 e. The molecule has 9 aliphatic rings. The van der Waals surface area contributed by atoms with E-state index in [0.29, 0.717) is 29.2 Å². The molecular weight excluding hydrogens is 883 g/mol. The Labute approximate surface area is 416 Å². The molecule has 70 heavy (non-hydrogen) atoms. The van der Waals surface area contributed by atoms with E-state index in [1.165, 1.54) is 64.7 Å². The first-order chi connectivity index (χ1) is 33.3. The van der Waals surface area contributed by atoms with E-state index in [1.807, 2.05) is 16.8 Å². The highest BCUT2D eigenvalue weighted by atomic mass is 16.5. The normalized spacial score (nSPS) is 38.1. The number of methoxy groups -OCH3 is 2. The van der Waals surface area contributed by atoms with Gasteiger partial charge in [0.1, 0.15) is 18.8 Å². The lowest BCUT2D eigenvalue weighted by molar-refractivity contribution is -0.152. The van der Waals surface area contributed by atoms with Gasteiger partial charge in [0, 0.05) is 45.1 Å².